The maximum atomic E-state index is 14.1. The lowest BCUT2D eigenvalue weighted by Gasteiger charge is -2.28. The van der Waals surface area contributed by atoms with Gasteiger partial charge in [-0.05, 0) is 146 Å². The minimum absolute atomic E-state index is 0.0149. The third kappa shape index (κ3) is 28.2. The van der Waals surface area contributed by atoms with Crippen LogP contribution in [0.2, 0.25) is 15.1 Å². The molecule has 0 aliphatic carbocycles. The van der Waals surface area contributed by atoms with Crippen molar-refractivity contribution in [3.8, 4) is 17.2 Å². The number of nitrogens with one attached hydrogen (secondary N) is 3. The fourth-order valence-corrected chi connectivity index (χ4v) is 17.0. The van der Waals surface area contributed by atoms with Gasteiger partial charge in [-0.15, -0.1) is 0 Å². The SMILES string of the molecule is [2H]C([2H])(OP(=O)(C[C@@H](C)C(=O)OCC(C)(C)C)Oc1ccc(Cl)cc1)[C@H]1O[C@@H](n2ccc(=O)[nH]c2=S)C(C)(O)[C@H]1O.[2H]C([2H])(O[P@@](=O)(C[C@@H](C)C(=O)OCC(C)(C)C)Oc1ccc(Cl)cc1)[C@H]1O[C@@H](n2ccc(=O)[nH]c2=S)C(C)(O)[C@H]1O.[2H]C([2H])(O[P@](=O)(C[C@@H](C)C(=O)OCC(C)(C)C)Oc1ccc(Cl)cc1)[C@H]1O[C@@H](n2ccc(=O)[nH]c2=S)C(C)(O)[C@H]1O. The average Bonchev–Trinajstić information content (AvgIpc) is 1.60. The average molecular weight is 1820 g/mol. The molecular formula is C75H102Cl3N6O27P3S3. The van der Waals surface area contributed by atoms with E-state index in [9.17, 15) is 73.1 Å². The number of hydrogen-bond acceptors (Lipinski definition) is 30. The topological polar surface area (TPSA) is 448 Å². The zero-order valence-corrected chi connectivity index (χ0v) is 73.8. The maximum absolute atomic E-state index is 14.1. The van der Waals surface area contributed by atoms with Crippen LogP contribution in [0.25, 0.3) is 0 Å². The van der Waals surface area contributed by atoms with Gasteiger partial charge in [-0.25, -0.2) is 13.7 Å². The van der Waals surface area contributed by atoms with Crippen molar-refractivity contribution in [2.45, 2.75) is 176 Å². The Bertz CT molecular complexity index is 4740. The zero-order valence-electron chi connectivity index (χ0n) is 72.4. The predicted molar refractivity (Wildman–Crippen MR) is 440 cm³/mol. The zero-order chi connectivity index (χ0) is 92.9. The van der Waals surface area contributed by atoms with E-state index in [0.29, 0.717) is 15.1 Å². The second kappa shape index (κ2) is 40.2. The van der Waals surface area contributed by atoms with Gasteiger partial charge in [0.1, 0.15) is 70.7 Å². The van der Waals surface area contributed by atoms with Gasteiger partial charge in [0.2, 0.25) is 0 Å². The minimum atomic E-state index is -4.55. The largest absolute Gasteiger partial charge is 0.465 e. The van der Waals surface area contributed by atoms with Gasteiger partial charge in [0.15, 0.2) is 33.0 Å². The molecule has 648 valence electrons. The van der Waals surface area contributed by atoms with Crippen LogP contribution in [0, 0.1) is 48.3 Å². The molecule has 0 amide bonds. The van der Waals surface area contributed by atoms with E-state index in [0.717, 1.165) is 31.9 Å². The smallest absolute Gasteiger partial charge is 0.380 e. The summed E-state index contributed by atoms with van der Waals surface area (Å²) in [6.45, 7) is 15.8. The van der Waals surface area contributed by atoms with Crippen molar-refractivity contribution in [1.82, 2.24) is 28.7 Å². The number of rotatable bonds is 30. The first-order chi connectivity index (χ1) is 56.2. The normalized spacial score (nSPS) is 26.7. The van der Waals surface area contributed by atoms with Gasteiger partial charge in [0, 0.05) is 51.9 Å². The number of aromatic amines is 3. The van der Waals surface area contributed by atoms with Crippen molar-refractivity contribution in [3.05, 3.63) is 170 Å². The van der Waals surface area contributed by atoms with Crippen LogP contribution in [0.5, 0.6) is 17.2 Å². The van der Waals surface area contributed by atoms with Gasteiger partial charge in [-0.1, -0.05) is 118 Å². The summed E-state index contributed by atoms with van der Waals surface area (Å²) >= 11 is 33.2. The lowest BCUT2D eigenvalue weighted by atomic mass is 9.96. The first-order valence-corrected chi connectivity index (χ1v) is 43.6. The van der Waals surface area contributed by atoms with Gasteiger partial charge >= 0.3 is 40.7 Å². The molecule has 6 aromatic rings. The number of aliphatic hydroxyl groups is 6. The number of nitrogens with zero attached hydrogens (tertiary/aromatic N) is 3. The number of aliphatic hydroxyl groups excluding tert-OH is 3. The van der Waals surface area contributed by atoms with Crippen LogP contribution >= 0.6 is 94.2 Å². The summed E-state index contributed by atoms with van der Waals surface area (Å²) in [5.41, 5.74) is -8.95. The van der Waals surface area contributed by atoms with Crippen molar-refractivity contribution >= 4 is 112 Å². The van der Waals surface area contributed by atoms with Crippen LogP contribution in [-0.4, -0.2) is 189 Å². The fourth-order valence-electron chi connectivity index (χ4n) is 10.7. The number of esters is 3. The molecule has 9 rings (SSSR count). The van der Waals surface area contributed by atoms with E-state index < -0.39 is 185 Å². The summed E-state index contributed by atoms with van der Waals surface area (Å²) in [6.07, 6.45) is -14.0. The number of halogens is 3. The van der Waals surface area contributed by atoms with Crippen LogP contribution in [0.15, 0.2) is 124 Å². The highest BCUT2D eigenvalue weighted by Gasteiger charge is 2.57. The van der Waals surface area contributed by atoms with Crippen molar-refractivity contribution in [3.63, 3.8) is 0 Å². The highest BCUT2D eigenvalue weighted by Crippen LogP contribution is 2.55. The summed E-state index contributed by atoms with van der Waals surface area (Å²) in [5.74, 6) is -5.18. The molecule has 6 heterocycles. The summed E-state index contributed by atoms with van der Waals surface area (Å²) in [4.78, 5) is 79.9. The van der Waals surface area contributed by atoms with Gasteiger partial charge in [0.05, 0.1) is 84.0 Å². The van der Waals surface area contributed by atoms with E-state index in [1.165, 1.54) is 133 Å². The fraction of sp³-hybridized carbons (Fsp3) is 0.560. The summed E-state index contributed by atoms with van der Waals surface area (Å²) < 4.78 is 163. The van der Waals surface area contributed by atoms with Crippen molar-refractivity contribution in [1.29, 1.82) is 0 Å². The Morgan fingerprint density at radius 3 is 0.863 bits per heavy atom. The Kier molecular flexibility index (Phi) is 30.5. The number of carbonyl (C=O) groups excluding carboxylic acids is 3. The second-order valence-corrected chi connectivity index (χ2v) is 40.5. The molecule has 0 saturated carbocycles. The molecular weight excluding hydrogens is 1710 g/mol. The molecule has 18 atom stereocenters. The highest BCUT2D eigenvalue weighted by molar-refractivity contribution is 7.71. The Morgan fingerprint density at radius 2 is 0.667 bits per heavy atom. The first-order valence-electron chi connectivity index (χ1n) is 39.1. The number of aromatic nitrogens is 6. The van der Waals surface area contributed by atoms with Gasteiger partial charge < -0.3 is 72.6 Å². The Labute approximate surface area is 714 Å². The minimum Gasteiger partial charge on any atom is -0.465 e. The quantitative estimate of drug-likeness (QED) is 0.00875. The van der Waals surface area contributed by atoms with E-state index in [-0.39, 0.29) is 67.6 Å². The molecule has 0 bridgehead atoms. The summed E-state index contributed by atoms with van der Waals surface area (Å²) in [6, 6.07) is 20.4. The molecule has 0 radical (unpaired) electrons. The van der Waals surface area contributed by atoms with Crippen LogP contribution in [0.1, 0.15) is 131 Å². The molecule has 3 saturated heterocycles. The number of ether oxygens (including phenoxy) is 6. The maximum Gasteiger partial charge on any atom is 0.380 e. The van der Waals surface area contributed by atoms with Crippen molar-refractivity contribution in [2.75, 3.05) is 58.0 Å². The predicted octanol–water partition coefficient (Wildman–Crippen LogP) is 12.2. The molecule has 0 spiro atoms. The third-order valence-corrected chi connectivity index (χ3v) is 24.3. The van der Waals surface area contributed by atoms with E-state index in [2.05, 4.69) is 15.0 Å². The molecule has 117 heavy (non-hydrogen) atoms. The molecule has 3 aromatic carbocycles. The van der Waals surface area contributed by atoms with Crippen LogP contribution in [0.4, 0.5) is 0 Å². The lowest BCUT2D eigenvalue weighted by molar-refractivity contribution is -0.150. The van der Waals surface area contributed by atoms with E-state index in [4.69, 9.17) is 135 Å². The van der Waals surface area contributed by atoms with Crippen molar-refractivity contribution in [2.24, 2.45) is 34.0 Å². The Hall–Kier alpha value is -6.15. The highest BCUT2D eigenvalue weighted by atomic mass is 35.5. The van der Waals surface area contributed by atoms with Crippen LogP contribution in [0.3, 0.4) is 0 Å². The van der Waals surface area contributed by atoms with Crippen LogP contribution < -0.4 is 30.2 Å². The molecule has 33 nitrogen and oxygen atoms in total. The standard InChI is InChI=1S/3C25H34ClN2O9PS/c3*1-15(21(31)34-14-24(2,3)4)13-38(33,37-17-8-6-16(26)7-9-17)35-12-18-20(30)25(5,32)22(36-18)28-11-10-19(29)27-23(28)39/h3*6-11,15,18,20,22,30,32H,12-14H2,1-5H3,(H,27,29,39)/t15-,18-,20+,22-,25?,38?;15-,18-,20+,22-,25?,38+;15-,18-,20+,22-,25?,38-/m111/s1/i3*12D2. The number of carbonyl (C=O) groups is 3. The molecule has 9 N–H and O–H groups in total. The molecule has 4 unspecified atom stereocenters. The van der Waals surface area contributed by atoms with E-state index in [1.807, 2.05) is 62.3 Å². The third-order valence-electron chi connectivity index (χ3n) is 17.0. The number of benzene rings is 3. The molecule has 3 aliphatic heterocycles. The molecule has 3 aliphatic rings. The first kappa shape index (κ1) is 88.6. The Balaban J connectivity index is 0.000000254. The molecule has 3 fully saturated rings. The van der Waals surface area contributed by atoms with Gasteiger partial charge in [-0.2, -0.15) is 0 Å². The van der Waals surface area contributed by atoms with Gasteiger partial charge in [-0.3, -0.25) is 71.0 Å². The van der Waals surface area contributed by atoms with Gasteiger partial charge in [0.25, 0.3) is 16.7 Å². The number of H-pyrrole nitrogens is 3. The van der Waals surface area contributed by atoms with E-state index >= 15 is 0 Å². The monoisotopic (exact) mass is 1820 g/mol. The Morgan fingerprint density at radius 1 is 0.453 bits per heavy atom. The lowest BCUT2D eigenvalue weighted by Crippen LogP contribution is -2.44. The number of hydrogen-bond donors (Lipinski definition) is 9. The van der Waals surface area contributed by atoms with Crippen LogP contribution in [-0.2, 0) is 70.1 Å². The summed E-state index contributed by atoms with van der Waals surface area (Å²) in [5, 5.41) is 67.1. The molecule has 3 aromatic heterocycles. The molecule has 42 heteroatoms. The van der Waals surface area contributed by atoms with E-state index in [1.54, 1.807) is 0 Å². The summed E-state index contributed by atoms with van der Waals surface area (Å²) in [7, 11) is -13.6. The second-order valence-electron chi connectivity index (χ2n) is 32.1. The van der Waals surface area contributed by atoms with Crippen molar-refractivity contribution < 1.29 is 123 Å².